The summed E-state index contributed by atoms with van der Waals surface area (Å²) >= 11 is 0. The number of hydrogen-bond acceptors (Lipinski definition) is 3. The first-order valence-corrected chi connectivity index (χ1v) is 8.52. The Labute approximate surface area is 148 Å². The van der Waals surface area contributed by atoms with Crippen LogP contribution in [0.3, 0.4) is 0 Å². The van der Waals surface area contributed by atoms with Crippen LogP contribution in [0.5, 0.6) is 5.75 Å². The van der Waals surface area contributed by atoms with Crippen molar-refractivity contribution < 1.29 is 14.3 Å². The molecule has 1 aliphatic heterocycles. The van der Waals surface area contributed by atoms with Gasteiger partial charge in [0.05, 0.1) is 5.92 Å². The van der Waals surface area contributed by atoms with E-state index in [1.807, 2.05) is 58.0 Å². The molecule has 0 unspecified atom stereocenters. The molecule has 0 aromatic heterocycles. The third-order valence-corrected chi connectivity index (χ3v) is 4.87. The number of aryl methyl sites for hydroxylation is 3. The van der Waals surface area contributed by atoms with Crippen molar-refractivity contribution in [1.82, 2.24) is 0 Å². The first-order chi connectivity index (χ1) is 11.9. The fourth-order valence-electron chi connectivity index (χ4n) is 3.23. The lowest BCUT2D eigenvalue weighted by molar-refractivity contribution is -0.139. The van der Waals surface area contributed by atoms with E-state index in [-0.39, 0.29) is 18.3 Å². The van der Waals surface area contributed by atoms with Gasteiger partial charge >= 0.3 is 5.97 Å². The van der Waals surface area contributed by atoms with Crippen LogP contribution in [0, 0.1) is 33.6 Å². The maximum atomic E-state index is 12.5. The molecule has 0 saturated carbocycles. The second-order valence-corrected chi connectivity index (χ2v) is 6.81. The monoisotopic (exact) mass is 337 g/mol. The smallest absolute Gasteiger partial charge is 0.316 e. The van der Waals surface area contributed by atoms with E-state index < -0.39 is 5.92 Å². The summed E-state index contributed by atoms with van der Waals surface area (Å²) in [6, 6.07) is 11.6. The van der Waals surface area contributed by atoms with E-state index in [0.29, 0.717) is 12.3 Å². The minimum Gasteiger partial charge on any atom is -0.426 e. The summed E-state index contributed by atoms with van der Waals surface area (Å²) in [6.07, 6.45) is 0.191. The summed E-state index contributed by atoms with van der Waals surface area (Å²) in [7, 11) is 0. The Kier molecular flexibility index (Phi) is 4.62. The van der Waals surface area contributed by atoms with Gasteiger partial charge in [-0.3, -0.25) is 9.59 Å². The third kappa shape index (κ3) is 3.43. The molecule has 0 spiro atoms. The molecule has 0 radical (unpaired) electrons. The van der Waals surface area contributed by atoms with Crippen LogP contribution in [0.15, 0.2) is 36.4 Å². The standard InChI is InChI=1S/C21H23NO3/c1-13-8-9-18(15(3)10-13)22-12-17(11-20(22)23)21(24)25-19-7-5-6-14(2)16(19)4/h5-10,17H,11-12H2,1-4H3/t17-/m0/s1. The van der Waals surface area contributed by atoms with Gasteiger partial charge in [-0.25, -0.2) is 0 Å². The zero-order valence-corrected chi connectivity index (χ0v) is 15.1. The van der Waals surface area contributed by atoms with Crippen LogP contribution < -0.4 is 9.64 Å². The van der Waals surface area contributed by atoms with Crippen molar-refractivity contribution in [3.05, 3.63) is 58.7 Å². The van der Waals surface area contributed by atoms with Crippen LogP contribution in [-0.2, 0) is 9.59 Å². The topological polar surface area (TPSA) is 46.6 Å². The molecule has 130 valence electrons. The average Bonchev–Trinajstić information content (AvgIpc) is 2.94. The number of nitrogens with zero attached hydrogens (tertiary/aromatic N) is 1. The Hall–Kier alpha value is -2.62. The molecule has 1 atom stereocenters. The minimum atomic E-state index is -0.437. The summed E-state index contributed by atoms with van der Waals surface area (Å²) in [5.74, 6) is -0.236. The molecule has 1 amide bonds. The number of benzene rings is 2. The van der Waals surface area contributed by atoms with Crippen LogP contribution in [0.25, 0.3) is 0 Å². The fraction of sp³-hybridized carbons (Fsp3) is 0.333. The second kappa shape index (κ2) is 6.71. The van der Waals surface area contributed by atoms with Gasteiger partial charge in [0.25, 0.3) is 0 Å². The average molecular weight is 337 g/mol. The van der Waals surface area contributed by atoms with Gasteiger partial charge in [-0.15, -0.1) is 0 Å². The highest BCUT2D eigenvalue weighted by Gasteiger charge is 2.37. The van der Waals surface area contributed by atoms with Gasteiger partial charge in [0.1, 0.15) is 5.75 Å². The van der Waals surface area contributed by atoms with Gasteiger partial charge in [0.2, 0.25) is 5.91 Å². The predicted molar refractivity (Wildman–Crippen MR) is 97.9 cm³/mol. The number of carbonyl (C=O) groups is 2. The highest BCUT2D eigenvalue weighted by atomic mass is 16.5. The first-order valence-electron chi connectivity index (χ1n) is 8.52. The summed E-state index contributed by atoms with van der Waals surface area (Å²) in [4.78, 5) is 26.7. The molecular weight excluding hydrogens is 314 g/mol. The van der Waals surface area contributed by atoms with Crippen molar-refractivity contribution in [3.8, 4) is 5.75 Å². The summed E-state index contributed by atoms with van der Waals surface area (Å²) in [6.45, 7) is 8.28. The zero-order valence-electron chi connectivity index (χ0n) is 15.1. The molecule has 1 heterocycles. The predicted octanol–water partition coefficient (Wildman–Crippen LogP) is 3.88. The molecular formula is C21H23NO3. The summed E-state index contributed by atoms with van der Waals surface area (Å²) < 4.78 is 5.57. The number of hydrogen-bond donors (Lipinski definition) is 0. The van der Waals surface area contributed by atoms with E-state index in [9.17, 15) is 9.59 Å². The molecule has 0 aliphatic carbocycles. The number of anilines is 1. The van der Waals surface area contributed by atoms with Crippen LogP contribution >= 0.6 is 0 Å². The van der Waals surface area contributed by atoms with Crippen LogP contribution in [-0.4, -0.2) is 18.4 Å². The van der Waals surface area contributed by atoms with Crippen molar-refractivity contribution in [1.29, 1.82) is 0 Å². The Morgan fingerprint density at radius 2 is 1.84 bits per heavy atom. The fourth-order valence-corrected chi connectivity index (χ4v) is 3.23. The van der Waals surface area contributed by atoms with Crippen LogP contribution in [0.2, 0.25) is 0 Å². The Morgan fingerprint density at radius 3 is 2.56 bits per heavy atom. The van der Waals surface area contributed by atoms with E-state index >= 15 is 0 Å². The minimum absolute atomic E-state index is 0.0325. The number of carbonyl (C=O) groups excluding carboxylic acids is 2. The highest BCUT2D eigenvalue weighted by molar-refractivity contribution is 6.00. The number of amides is 1. The molecule has 2 aromatic carbocycles. The third-order valence-electron chi connectivity index (χ3n) is 4.87. The van der Waals surface area contributed by atoms with Gasteiger partial charge < -0.3 is 9.64 Å². The maximum Gasteiger partial charge on any atom is 0.316 e. The molecule has 0 bridgehead atoms. The molecule has 0 N–H and O–H groups in total. The van der Waals surface area contributed by atoms with Crippen LogP contribution in [0.4, 0.5) is 5.69 Å². The molecule has 1 saturated heterocycles. The van der Waals surface area contributed by atoms with E-state index in [2.05, 4.69) is 0 Å². The van der Waals surface area contributed by atoms with E-state index in [4.69, 9.17) is 4.74 Å². The Morgan fingerprint density at radius 1 is 1.08 bits per heavy atom. The lowest BCUT2D eigenvalue weighted by Gasteiger charge is -2.19. The Balaban J connectivity index is 1.75. The van der Waals surface area contributed by atoms with Crippen molar-refractivity contribution in [2.45, 2.75) is 34.1 Å². The summed E-state index contributed by atoms with van der Waals surface area (Å²) in [5.41, 5.74) is 5.09. The van der Waals surface area contributed by atoms with Gasteiger partial charge in [-0.2, -0.15) is 0 Å². The largest absolute Gasteiger partial charge is 0.426 e. The molecule has 4 nitrogen and oxygen atoms in total. The van der Waals surface area contributed by atoms with Crippen molar-refractivity contribution in [2.75, 3.05) is 11.4 Å². The van der Waals surface area contributed by atoms with Gasteiger partial charge in [-0.1, -0.05) is 29.8 Å². The van der Waals surface area contributed by atoms with Crippen LogP contribution in [0.1, 0.15) is 28.7 Å². The van der Waals surface area contributed by atoms with Gasteiger partial charge in [0, 0.05) is 18.7 Å². The molecule has 25 heavy (non-hydrogen) atoms. The van der Waals surface area contributed by atoms with E-state index in [1.54, 1.807) is 11.0 Å². The zero-order chi connectivity index (χ0) is 18.1. The molecule has 4 heteroatoms. The molecule has 1 aliphatic rings. The molecule has 1 fully saturated rings. The summed E-state index contributed by atoms with van der Waals surface area (Å²) in [5, 5.41) is 0. The lowest BCUT2D eigenvalue weighted by Crippen LogP contribution is -2.28. The maximum absolute atomic E-state index is 12.5. The lowest BCUT2D eigenvalue weighted by atomic mass is 10.1. The number of esters is 1. The van der Waals surface area contributed by atoms with Gasteiger partial charge in [-0.05, 0) is 56.5 Å². The highest BCUT2D eigenvalue weighted by Crippen LogP contribution is 2.30. The van der Waals surface area contributed by atoms with Gasteiger partial charge in [0.15, 0.2) is 0 Å². The normalized spacial score (nSPS) is 17.0. The van der Waals surface area contributed by atoms with Crippen molar-refractivity contribution in [2.24, 2.45) is 5.92 Å². The van der Waals surface area contributed by atoms with E-state index in [0.717, 1.165) is 27.9 Å². The number of ether oxygens (including phenoxy) is 1. The SMILES string of the molecule is Cc1ccc(N2C[C@@H](C(=O)Oc3cccc(C)c3C)CC2=O)c(C)c1. The van der Waals surface area contributed by atoms with Crippen molar-refractivity contribution in [3.63, 3.8) is 0 Å². The number of rotatable bonds is 3. The molecule has 3 rings (SSSR count). The Bertz CT molecular complexity index is 841. The molecule has 2 aromatic rings. The van der Waals surface area contributed by atoms with E-state index in [1.165, 1.54) is 0 Å². The van der Waals surface area contributed by atoms with Crippen molar-refractivity contribution >= 4 is 17.6 Å². The first kappa shape index (κ1) is 17.2. The second-order valence-electron chi connectivity index (χ2n) is 6.81. The quantitative estimate of drug-likeness (QED) is 0.631.